The molecule has 1 aromatic heterocycles. The molecule has 3 rings (SSSR count). The first-order valence-electron chi connectivity index (χ1n) is 8.06. The lowest BCUT2D eigenvalue weighted by atomic mass is 9.73. The van der Waals surface area contributed by atoms with Crippen LogP contribution in [0.4, 0.5) is 0 Å². The van der Waals surface area contributed by atoms with Crippen molar-refractivity contribution in [2.75, 3.05) is 0 Å². The van der Waals surface area contributed by atoms with Crippen LogP contribution in [0.1, 0.15) is 47.9 Å². The molecule has 0 saturated heterocycles. The van der Waals surface area contributed by atoms with Crippen molar-refractivity contribution in [1.29, 1.82) is 0 Å². The van der Waals surface area contributed by atoms with Gasteiger partial charge in [-0.15, -0.1) is 11.3 Å². The van der Waals surface area contributed by atoms with Crippen LogP contribution in [0.5, 0.6) is 0 Å². The molecule has 2 heteroatoms. The molecule has 1 fully saturated rings. The van der Waals surface area contributed by atoms with E-state index in [2.05, 4.69) is 49.4 Å². The smallest absolute Gasteiger partial charge is 0.0684 e. The van der Waals surface area contributed by atoms with Gasteiger partial charge in [0.15, 0.2) is 0 Å². The predicted molar refractivity (Wildman–Crippen MR) is 90.0 cm³/mol. The summed E-state index contributed by atoms with van der Waals surface area (Å²) in [6, 6.07) is 15.0. The van der Waals surface area contributed by atoms with E-state index in [0.29, 0.717) is 0 Å². The number of benzene rings is 1. The summed E-state index contributed by atoms with van der Waals surface area (Å²) in [7, 11) is 0. The van der Waals surface area contributed by atoms with Gasteiger partial charge in [-0.3, -0.25) is 0 Å². The minimum absolute atomic E-state index is 0.0301. The van der Waals surface area contributed by atoms with E-state index in [1.165, 1.54) is 28.2 Å². The standard InChI is InChI=1S/C19H24OS/c1-2-16-10-11-17(21-16)14-18(20)19(12-6-7-13-19)15-8-4-3-5-9-15/h3-5,8-11,18,20H,2,6-7,12-14H2,1H3. The van der Waals surface area contributed by atoms with Crippen LogP contribution in [0.25, 0.3) is 0 Å². The number of aliphatic hydroxyl groups is 1. The summed E-state index contributed by atoms with van der Waals surface area (Å²) in [6.45, 7) is 2.19. The molecule has 1 saturated carbocycles. The maximum atomic E-state index is 11.0. The third-order valence-corrected chi connectivity index (χ3v) is 6.19. The zero-order valence-corrected chi connectivity index (χ0v) is 13.5. The Kier molecular flexibility index (Phi) is 4.46. The van der Waals surface area contributed by atoms with Gasteiger partial charge >= 0.3 is 0 Å². The molecule has 0 aliphatic heterocycles. The maximum Gasteiger partial charge on any atom is 0.0684 e. The number of hydrogen-bond donors (Lipinski definition) is 1. The van der Waals surface area contributed by atoms with E-state index in [0.717, 1.165) is 25.7 Å². The third kappa shape index (κ3) is 2.93. The number of thiophene rings is 1. The molecule has 112 valence electrons. The highest BCUT2D eigenvalue weighted by Gasteiger charge is 2.41. The van der Waals surface area contributed by atoms with E-state index < -0.39 is 0 Å². The van der Waals surface area contributed by atoms with Gasteiger partial charge in [-0.1, -0.05) is 50.1 Å². The van der Waals surface area contributed by atoms with Crippen molar-refractivity contribution in [1.82, 2.24) is 0 Å². The van der Waals surface area contributed by atoms with Gasteiger partial charge in [0.05, 0.1) is 6.10 Å². The van der Waals surface area contributed by atoms with E-state index in [9.17, 15) is 5.11 Å². The van der Waals surface area contributed by atoms with Crippen molar-refractivity contribution in [3.8, 4) is 0 Å². The topological polar surface area (TPSA) is 20.2 Å². The van der Waals surface area contributed by atoms with Crippen molar-refractivity contribution in [3.63, 3.8) is 0 Å². The number of rotatable bonds is 5. The van der Waals surface area contributed by atoms with Gasteiger partial charge in [-0.05, 0) is 37.0 Å². The fourth-order valence-corrected chi connectivity index (χ4v) is 4.69. The molecule has 1 unspecified atom stereocenters. The largest absolute Gasteiger partial charge is 0.392 e. The fourth-order valence-electron chi connectivity index (χ4n) is 3.70. The molecule has 1 N–H and O–H groups in total. The van der Waals surface area contributed by atoms with E-state index in [1.807, 2.05) is 11.3 Å². The summed E-state index contributed by atoms with van der Waals surface area (Å²) in [6.07, 6.45) is 6.30. The summed E-state index contributed by atoms with van der Waals surface area (Å²) in [4.78, 5) is 2.74. The van der Waals surface area contributed by atoms with Gasteiger partial charge in [0.1, 0.15) is 0 Å². The average Bonchev–Trinajstić information content (AvgIpc) is 3.18. The Morgan fingerprint density at radius 3 is 2.33 bits per heavy atom. The number of aryl methyl sites for hydroxylation is 1. The lowest BCUT2D eigenvalue weighted by molar-refractivity contribution is 0.0833. The molecule has 1 aliphatic carbocycles. The van der Waals surface area contributed by atoms with Gasteiger partial charge in [-0.25, -0.2) is 0 Å². The van der Waals surface area contributed by atoms with Gasteiger partial charge < -0.3 is 5.11 Å². The second kappa shape index (κ2) is 6.33. The summed E-state index contributed by atoms with van der Waals surface area (Å²) in [5.41, 5.74) is 1.29. The van der Waals surface area contributed by atoms with Gasteiger partial charge in [0.2, 0.25) is 0 Å². The van der Waals surface area contributed by atoms with Crippen LogP contribution in [0, 0.1) is 0 Å². The molecule has 21 heavy (non-hydrogen) atoms. The predicted octanol–water partition coefficient (Wildman–Crippen LogP) is 4.73. The van der Waals surface area contributed by atoms with Crippen LogP contribution in [0.15, 0.2) is 42.5 Å². The van der Waals surface area contributed by atoms with E-state index in [-0.39, 0.29) is 11.5 Å². The minimum atomic E-state index is -0.272. The molecular formula is C19H24OS. The first-order valence-corrected chi connectivity index (χ1v) is 8.87. The highest BCUT2D eigenvalue weighted by Crippen LogP contribution is 2.45. The maximum absolute atomic E-state index is 11.0. The Hall–Kier alpha value is -1.12. The van der Waals surface area contributed by atoms with Gasteiger partial charge in [0, 0.05) is 21.6 Å². The minimum Gasteiger partial charge on any atom is -0.392 e. The van der Waals surface area contributed by atoms with Crippen molar-refractivity contribution in [2.24, 2.45) is 0 Å². The molecule has 2 aromatic rings. The Balaban J connectivity index is 1.83. The number of hydrogen-bond acceptors (Lipinski definition) is 2. The molecule has 1 nitrogen and oxygen atoms in total. The zero-order valence-electron chi connectivity index (χ0n) is 12.7. The van der Waals surface area contributed by atoms with Gasteiger partial charge in [-0.2, -0.15) is 0 Å². The van der Waals surface area contributed by atoms with Crippen LogP contribution in [-0.2, 0) is 18.3 Å². The summed E-state index contributed by atoms with van der Waals surface area (Å²) >= 11 is 1.85. The lowest BCUT2D eigenvalue weighted by Gasteiger charge is -2.35. The van der Waals surface area contributed by atoms with Gasteiger partial charge in [0.25, 0.3) is 0 Å². The second-order valence-electron chi connectivity index (χ2n) is 6.17. The van der Waals surface area contributed by atoms with E-state index in [4.69, 9.17) is 0 Å². The molecule has 0 radical (unpaired) electrons. The molecule has 1 aromatic carbocycles. The fraction of sp³-hybridized carbons (Fsp3) is 0.474. The lowest BCUT2D eigenvalue weighted by Crippen LogP contribution is -2.38. The Bertz CT molecular complexity index is 566. The first kappa shape index (κ1) is 14.8. The Morgan fingerprint density at radius 1 is 1.05 bits per heavy atom. The van der Waals surface area contributed by atoms with Crippen LogP contribution in [0.3, 0.4) is 0 Å². The summed E-state index contributed by atoms with van der Waals surface area (Å²) in [5, 5.41) is 11.0. The summed E-state index contributed by atoms with van der Waals surface area (Å²) < 4.78 is 0. The van der Waals surface area contributed by atoms with E-state index >= 15 is 0 Å². The normalized spacial score (nSPS) is 18.8. The molecule has 1 atom stereocenters. The van der Waals surface area contributed by atoms with Crippen LogP contribution in [-0.4, -0.2) is 11.2 Å². The molecule has 0 amide bonds. The van der Waals surface area contributed by atoms with Crippen LogP contribution < -0.4 is 0 Å². The zero-order chi connectivity index (χ0) is 14.7. The van der Waals surface area contributed by atoms with Crippen LogP contribution >= 0.6 is 11.3 Å². The quantitative estimate of drug-likeness (QED) is 0.846. The Morgan fingerprint density at radius 2 is 1.71 bits per heavy atom. The van der Waals surface area contributed by atoms with Crippen LogP contribution in [0.2, 0.25) is 0 Å². The molecule has 0 bridgehead atoms. The summed E-state index contributed by atoms with van der Waals surface area (Å²) in [5.74, 6) is 0. The molecule has 1 heterocycles. The SMILES string of the molecule is CCc1ccc(CC(O)C2(c3ccccc3)CCCC2)s1. The van der Waals surface area contributed by atoms with Crippen molar-refractivity contribution in [2.45, 2.75) is 57.0 Å². The van der Waals surface area contributed by atoms with E-state index in [1.54, 1.807) is 0 Å². The third-order valence-electron chi connectivity index (χ3n) is 4.94. The monoisotopic (exact) mass is 300 g/mol. The average molecular weight is 300 g/mol. The Labute approximate surface area is 131 Å². The molecule has 0 spiro atoms. The highest BCUT2D eigenvalue weighted by atomic mass is 32.1. The van der Waals surface area contributed by atoms with Crippen molar-refractivity contribution >= 4 is 11.3 Å². The number of aliphatic hydroxyl groups excluding tert-OH is 1. The van der Waals surface area contributed by atoms with Crippen molar-refractivity contribution < 1.29 is 5.11 Å². The molecule has 1 aliphatic rings. The van der Waals surface area contributed by atoms with Crippen molar-refractivity contribution in [3.05, 3.63) is 57.8 Å². The highest BCUT2D eigenvalue weighted by molar-refractivity contribution is 7.11. The second-order valence-corrected chi connectivity index (χ2v) is 7.42. The molecular weight excluding hydrogens is 276 g/mol. The first-order chi connectivity index (χ1) is 10.2.